The molecule has 0 spiro atoms. The number of primary amides is 1. The number of aromatic nitrogens is 1. The first-order valence-electron chi connectivity index (χ1n) is 11.8. The average Bonchev–Trinajstić information content (AvgIpc) is 2.83. The molecule has 1 amide bonds. The summed E-state index contributed by atoms with van der Waals surface area (Å²) in [7, 11) is 1.37. The molecule has 10 nitrogen and oxygen atoms in total. The lowest BCUT2D eigenvalue weighted by Gasteiger charge is -2.24. The van der Waals surface area contributed by atoms with Crippen LogP contribution >= 0.6 is 0 Å². The van der Waals surface area contributed by atoms with Crippen molar-refractivity contribution >= 4 is 11.9 Å². The van der Waals surface area contributed by atoms with Crippen LogP contribution in [0.15, 0.2) is 42.6 Å². The average molecular weight is 507 g/mol. The van der Waals surface area contributed by atoms with Gasteiger partial charge in [0.2, 0.25) is 0 Å². The normalized spacial score (nSPS) is 18.0. The summed E-state index contributed by atoms with van der Waals surface area (Å²) in [5.41, 5.74) is 4.74. The standard InChI is InChI=1S/C13H24O4.C7H8N2O3.C6H6O/c1-10(2)8-16-12-7-11(3)17-13(14)5-4-6-15-9-12;1-12-4-2-3-9-5(6(4)10)7(8)11;7-6-4-2-1-3-5-6/h10-12H,4-9H2,1-3H3;2-3,10H,1H3,(H2,8,11);1-5,7H. The van der Waals surface area contributed by atoms with Crippen molar-refractivity contribution in [3.05, 3.63) is 48.3 Å². The van der Waals surface area contributed by atoms with E-state index in [0.29, 0.717) is 44.3 Å². The fourth-order valence-electron chi connectivity index (χ4n) is 2.96. The van der Waals surface area contributed by atoms with Crippen LogP contribution in [-0.4, -0.2) is 66.2 Å². The van der Waals surface area contributed by atoms with E-state index in [4.69, 9.17) is 29.8 Å². The van der Waals surface area contributed by atoms with E-state index in [1.165, 1.54) is 19.4 Å². The summed E-state index contributed by atoms with van der Waals surface area (Å²) in [5.74, 6) is -0.242. The van der Waals surface area contributed by atoms with Crippen LogP contribution < -0.4 is 10.5 Å². The number of hydrogen-bond donors (Lipinski definition) is 3. The molecule has 0 radical (unpaired) electrons. The highest BCUT2D eigenvalue weighted by Gasteiger charge is 2.19. The number of cyclic esters (lactones) is 1. The second-order valence-electron chi connectivity index (χ2n) is 8.47. The molecule has 2 unspecified atom stereocenters. The van der Waals surface area contributed by atoms with Crippen LogP contribution in [0, 0.1) is 5.92 Å². The van der Waals surface area contributed by atoms with Crippen molar-refractivity contribution < 1.29 is 38.7 Å². The molecule has 1 aliphatic heterocycles. The van der Waals surface area contributed by atoms with Gasteiger partial charge in [0.15, 0.2) is 17.2 Å². The summed E-state index contributed by atoms with van der Waals surface area (Å²) in [6, 6.07) is 10.1. The Labute approximate surface area is 212 Å². The SMILES string of the molecule is CC(C)COC1COCCCC(=O)OC(C)C1.COc1ccnc(C(N)=O)c1O.Oc1ccccc1. The van der Waals surface area contributed by atoms with E-state index in [-0.39, 0.29) is 35.4 Å². The molecule has 0 bridgehead atoms. The van der Waals surface area contributed by atoms with E-state index in [1.54, 1.807) is 24.3 Å². The van der Waals surface area contributed by atoms with E-state index >= 15 is 0 Å². The molecule has 3 rings (SSSR count). The van der Waals surface area contributed by atoms with Gasteiger partial charge >= 0.3 is 5.97 Å². The molecule has 1 aromatic carbocycles. The number of carbonyl (C=O) groups is 2. The molecule has 1 aromatic heterocycles. The summed E-state index contributed by atoms with van der Waals surface area (Å²) in [6.45, 7) is 8.05. The summed E-state index contributed by atoms with van der Waals surface area (Å²) < 4.78 is 21.3. The van der Waals surface area contributed by atoms with Crippen LogP contribution in [0.25, 0.3) is 0 Å². The molecule has 36 heavy (non-hydrogen) atoms. The molecule has 1 saturated heterocycles. The first-order valence-corrected chi connectivity index (χ1v) is 11.8. The van der Waals surface area contributed by atoms with E-state index in [2.05, 4.69) is 18.8 Å². The monoisotopic (exact) mass is 506 g/mol. The molecule has 2 heterocycles. The van der Waals surface area contributed by atoms with Crippen LogP contribution in [0.2, 0.25) is 0 Å². The zero-order chi connectivity index (χ0) is 26.9. The Morgan fingerprint density at radius 2 is 1.92 bits per heavy atom. The Bertz CT molecular complexity index is 908. The van der Waals surface area contributed by atoms with Gasteiger partial charge in [-0.05, 0) is 31.4 Å². The predicted molar refractivity (Wildman–Crippen MR) is 134 cm³/mol. The van der Waals surface area contributed by atoms with Crippen molar-refractivity contribution in [3.63, 3.8) is 0 Å². The molecular formula is C26H38N2O8. The fourth-order valence-corrected chi connectivity index (χ4v) is 2.96. The Balaban J connectivity index is 0.000000295. The number of phenolic OH excluding ortho intramolecular Hbond substituents is 1. The lowest BCUT2D eigenvalue weighted by atomic mass is 10.1. The highest BCUT2D eigenvalue weighted by Crippen LogP contribution is 2.26. The number of pyridine rings is 1. The minimum atomic E-state index is -0.786. The molecule has 0 saturated carbocycles. The Hall–Kier alpha value is -3.37. The van der Waals surface area contributed by atoms with Crippen LogP contribution in [0.3, 0.4) is 0 Å². The number of benzene rings is 1. The number of nitrogens with zero attached hydrogens (tertiary/aromatic N) is 1. The Morgan fingerprint density at radius 1 is 1.22 bits per heavy atom. The molecule has 2 atom stereocenters. The number of hydrogen-bond acceptors (Lipinski definition) is 9. The van der Waals surface area contributed by atoms with Crippen LogP contribution in [0.1, 0.15) is 50.5 Å². The van der Waals surface area contributed by atoms with Crippen LogP contribution in [0.4, 0.5) is 0 Å². The smallest absolute Gasteiger partial charge is 0.306 e. The fraction of sp³-hybridized carbons (Fsp3) is 0.500. The van der Waals surface area contributed by atoms with Gasteiger partial charge in [0.1, 0.15) is 11.9 Å². The van der Waals surface area contributed by atoms with Gasteiger partial charge in [0.25, 0.3) is 5.91 Å². The molecule has 200 valence electrons. The minimum absolute atomic E-state index is 0.0262. The predicted octanol–water partition coefficient (Wildman–Crippen LogP) is 3.45. The van der Waals surface area contributed by atoms with Gasteiger partial charge in [-0.15, -0.1) is 0 Å². The van der Waals surface area contributed by atoms with Crippen molar-refractivity contribution in [1.29, 1.82) is 0 Å². The number of para-hydroxylation sites is 1. The largest absolute Gasteiger partial charge is 0.508 e. The lowest BCUT2D eigenvalue weighted by molar-refractivity contribution is -0.152. The molecule has 1 aliphatic rings. The molecule has 2 aromatic rings. The van der Waals surface area contributed by atoms with Gasteiger partial charge in [-0.2, -0.15) is 0 Å². The van der Waals surface area contributed by atoms with Crippen molar-refractivity contribution in [1.82, 2.24) is 4.98 Å². The number of nitrogens with two attached hydrogens (primary N) is 1. The summed E-state index contributed by atoms with van der Waals surface area (Å²) >= 11 is 0. The van der Waals surface area contributed by atoms with Gasteiger partial charge in [-0.3, -0.25) is 9.59 Å². The van der Waals surface area contributed by atoms with Gasteiger partial charge in [-0.25, -0.2) is 4.98 Å². The maximum atomic E-state index is 11.4. The number of phenols is 1. The maximum Gasteiger partial charge on any atom is 0.306 e. The number of ether oxygens (including phenoxy) is 4. The summed E-state index contributed by atoms with van der Waals surface area (Å²) in [4.78, 5) is 25.6. The van der Waals surface area contributed by atoms with E-state index in [0.717, 1.165) is 6.42 Å². The number of amides is 1. The Morgan fingerprint density at radius 3 is 2.47 bits per heavy atom. The van der Waals surface area contributed by atoms with Crippen LogP contribution in [-0.2, 0) is 19.0 Å². The second kappa shape index (κ2) is 17.1. The van der Waals surface area contributed by atoms with E-state index < -0.39 is 5.91 Å². The zero-order valence-corrected chi connectivity index (χ0v) is 21.4. The van der Waals surface area contributed by atoms with Gasteiger partial charge in [-0.1, -0.05) is 32.0 Å². The van der Waals surface area contributed by atoms with Gasteiger partial charge in [0.05, 0.1) is 19.8 Å². The minimum Gasteiger partial charge on any atom is -0.508 e. The zero-order valence-electron chi connectivity index (χ0n) is 21.4. The lowest BCUT2D eigenvalue weighted by Crippen LogP contribution is -2.29. The summed E-state index contributed by atoms with van der Waals surface area (Å²) in [5, 5.41) is 17.9. The second-order valence-corrected chi connectivity index (χ2v) is 8.47. The van der Waals surface area contributed by atoms with Crippen molar-refractivity contribution in [2.75, 3.05) is 26.9 Å². The summed E-state index contributed by atoms with van der Waals surface area (Å²) in [6.07, 6.45) is 3.14. The molecule has 1 fully saturated rings. The maximum absolute atomic E-state index is 11.4. The van der Waals surface area contributed by atoms with Crippen molar-refractivity contribution in [3.8, 4) is 17.2 Å². The number of aromatic hydroxyl groups is 2. The first-order chi connectivity index (χ1) is 17.1. The topological polar surface area (TPSA) is 150 Å². The van der Waals surface area contributed by atoms with E-state index in [1.807, 2.05) is 13.0 Å². The van der Waals surface area contributed by atoms with E-state index in [9.17, 15) is 14.7 Å². The molecule has 4 N–H and O–H groups in total. The van der Waals surface area contributed by atoms with Crippen molar-refractivity contribution in [2.24, 2.45) is 11.7 Å². The third-order valence-electron chi connectivity index (χ3n) is 4.66. The van der Waals surface area contributed by atoms with Crippen LogP contribution in [0.5, 0.6) is 17.2 Å². The van der Waals surface area contributed by atoms with Gasteiger partial charge in [0, 0.05) is 38.3 Å². The van der Waals surface area contributed by atoms with Crippen molar-refractivity contribution in [2.45, 2.75) is 52.2 Å². The third-order valence-corrected chi connectivity index (χ3v) is 4.66. The van der Waals surface area contributed by atoms with Gasteiger partial charge < -0.3 is 34.9 Å². The molecular weight excluding hydrogens is 468 g/mol. The number of rotatable bonds is 5. The quantitative estimate of drug-likeness (QED) is 0.518. The third kappa shape index (κ3) is 12.9. The number of esters is 1. The molecule has 10 heteroatoms. The number of methoxy groups -OCH3 is 1. The highest BCUT2D eigenvalue weighted by atomic mass is 16.6. The number of carbonyl (C=O) groups excluding carboxylic acids is 2. The Kier molecular flexibility index (Phi) is 14.6. The first kappa shape index (κ1) is 30.7. The highest BCUT2D eigenvalue weighted by molar-refractivity contribution is 5.94. The molecule has 0 aliphatic carbocycles.